The third-order valence-corrected chi connectivity index (χ3v) is 5.88. The summed E-state index contributed by atoms with van der Waals surface area (Å²) in [5.74, 6) is 1.65. The molecule has 0 N–H and O–H groups in total. The van der Waals surface area contributed by atoms with E-state index in [1.165, 1.54) is 38.5 Å². The molecule has 2 rings (SSSR count). The molecule has 0 fully saturated rings. The topological polar surface area (TPSA) is 52.1 Å². The van der Waals surface area contributed by atoms with Gasteiger partial charge in [-0.15, -0.1) is 0 Å². The average molecular weight is 425 g/mol. The van der Waals surface area contributed by atoms with Gasteiger partial charge in [-0.05, 0) is 18.8 Å². The van der Waals surface area contributed by atoms with Crippen LogP contribution in [0.5, 0.6) is 0 Å². The summed E-state index contributed by atoms with van der Waals surface area (Å²) in [5.41, 5.74) is 2.69. The second-order valence-corrected chi connectivity index (χ2v) is 8.64. The maximum absolute atomic E-state index is 12.4. The predicted molar refractivity (Wildman–Crippen MR) is 128 cm³/mol. The number of benzene rings is 1. The second kappa shape index (κ2) is 14.9. The minimum absolute atomic E-state index is 0.221. The summed E-state index contributed by atoms with van der Waals surface area (Å²) in [6.45, 7) is 8.07. The van der Waals surface area contributed by atoms with Gasteiger partial charge in [-0.2, -0.15) is 0 Å². The van der Waals surface area contributed by atoms with Crippen molar-refractivity contribution in [2.75, 3.05) is 6.61 Å². The van der Waals surface area contributed by atoms with Gasteiger partial charge in [-0.3, -0.25) is 4.79 Å². The zero-order valence-electron chi connectivity index (χ0n) is 19.7. The largest absolute Gasteiger partial charge is 0.377 e. The van der Waals surface area contributed by atoms with Crippen LogP contribution in [-0.4, -0.2) is 22.4 Å². The summed E-state index contributed by atoms with van der Waals surface area (Å²) in [6, 6.07) is 7.67. The molecule has 1 atom stereocenters. The van der Waals surface area contributed by atoms with E-state index >= 15 is 0 Å². The SMILES string of the molecule is CCCCCCCOCc1cnc(-c2ccc(C(=O)CCCCC(C)CC)cc2)nc1. The van der Waals surface area contributed by atoms with Crippen LogP contribution in [0.25, 0.3) is 11.4 Å². The number of Topliss-reactive ketones (excluding diaryl/α,β-unsaturated/α-hetero) is 1. The van der Waals surface area contributed by atoms with Gasteiger partial charge in [0.2, 0.25) is 0 Å². The van der Waals surface area contributed by atoms with Crippen molar-refractivity contribution in [1.29, 1.82) is 0 Å². The molecule has 31 heavy (non-hydrogen) atoms. The lowest BCUT2D eigenvalue weighted by atomic mass is 9.98. The number of carbonyl (C=O) groups excluding carboxylic acids is 1. The van der Waals surface area contributed by atoms with Gasteiger partial charge in [0.05, 0.1) is 6.61 Å². The Bertz CT molecular complexity index is 741. The smallest absolute Gasteiger partial charge is 0.162 e. The lowest BCUT2D eigenvalue weighted by Gasteiger charge is -2.08. The van der Waals surface area contributed by atoms with Gasteiger partial charge in [-0.25, -0.2) is 9.97 Å². The number of rotatable bonds is 16. The van der Waals surface area contributed by atoms with Crippen molar-refractivity contribution >= 4 is 5.78 Å². The first kappa shape index (κ1) is 25.2. The molecular weight excluding hydrogens is 384 g/mol. The van der Waals surface area contributed by atoms with Crippen LogP contribution in [0.3, 0.4) is 0 Å². The summed E-state index contributed by atoms with van der Waals surface area (Å²) >= 11 is 0. The van der Waals surface area contributed by atoms with Crippen LogP contribution in [0.15, 0.2) is 36.7 Å². The zero-order valence-corrected chi connectivity index (χ0v) is 19.7. The van der Waals surface area contributed by atoms with E-state index in [0.717, 1.165) is 48.5 Å². The van der Waals surface area contributed by atoms with Gasteiger partial charge >= 0.3 is 0 Å². The molecule has 0 aliphatic rings. The monoisotopic (exact) mass is 424 g/mol. The van der Waals surface area contributed by atoms with Crippen LogP contribution < -0.4 is 0 Å². The zero-order chi connectivity index (χ0) is 22.3. The fourth-order valence-electron chi connectivity index (χ4n) is 3.51. The molecule has 0 saturated heterocycles. The number of carbonyl (C=O) groups is 1. The summed E-state index contributed by atoms with van der Waals surface area (Å²) in [5, 5.41) is 0. The van der Waals surface area contributed by atoms with Crippen LogP contribution >= 0.6 is 0 Å². The number of unbranched alkanes of at least 4 members (excludes halogenated alkanes) is 5. The molecule has 0 radical (unpaired) electrons. The lowest BCUT2D eigenvalue weighted by Crippen LogP contribution is -2.00. The second-order valence-electron chi connectivity index (χ2n) is 8.64. The van der Waals surface area contributed by atoms with Crippen molar-refractivity contribution in [3.05, 3.63) is 47.8 Å². The molecule has 1 aromatic carbocycles. The molecule has 1 heterocycles. The van der Waals surface area contributed by atoms with Gasteiger partial charge in [-0.1, -0.05) is 90.0 Å². The van der Waals surface area contributed by atoms with Gasteiger partial charge in [0.15, 0.2) is 11.6 Å². The molecule has 0 saturated carbocycles. The fraction of sp³-hybridized carbons (Fsp3) is 0.593. The van der Waals surface area contributed by atoms with Crippen molar-refractivity contribution in [1.82, 2.24) is 9.97 Å². The standard InChI is InChI=1S/C27H40N2O2/c1-4-6-7-8-11-18-31-21-23-19-28-27(29-20-23)25-16-14-24(15-17-25)26(30)13-10-9-12-22(3)5-2/h14-17,19-20,22H,4-13,18,21H2,1-3H3. The number of ether oxygens (including phenoxy) is 1. The molecular formula is C27H40N2O2. The molecule has 4 nitrogen and oxygen atoms in total. The van der Waals surface area contributed by atoms with E-state index in [9.17, 15) is 4.79 Å². The van der Waals surface area contributed by atoms with E-state index in [-0.39, 0.29) is 5.78 Å². The van der Waals surface area contributed by atoms with Gasteiger partial charge in [0.1, 0.15) is 0 Å². The Morgan fingerprint density at radius 3 is 2.32 bits per heavy atom. The first-order chi connectivity index (χ1) is 15.1. The highest BCUT2D eigenvalue weighted by molar-refractivity contribution is 5.96. The summed E-state index contributed by atoms with van der Waals surface area (Å²) in [6.07, 6.45) is 15.0. The maximum Gasteiger partial charge on any atom is 0.162 e. The van der Waals surface area contributed by atoms with E-state index < -0.39 is 0 Å². The number of hydrogen-bond donors (Lipinski definition) is 0. The molecule has 0 aliphatic heterocycles. The van der Waals surface area contributed by atoms with Gasteiger partial charge < -0.3 is 4.74 Å². The molecule has 170 valence electrons. The molecule has 0 bridgehead atoms. The van der Waals surface area contributed by atoms with E-state index in [2.05, 4.69) is 30.7 Å². The van der Waals surface area contributed by atoms with Gasteiger partial charge in [0, 0.05) is 42.1 Å². The number of hydrogen-bond acceptors (Lipinski definition) is 4. The van der Waals surface area contributed by atoms with Crippen LogP contribution in [0.2, 0.25) is 0 Å². The predicted octanol–water partition coefficient (Wildman–Crippen LogP) is 7.42. The van der Waals surface area contributed by atoms with Crippen molar-refractivity contribution in [3.8, 4) is 11.4 Å². The number of ketones is 1. The minimum atomic E-state index is 0.221. The average Bonchev–Trinajstić information content (AvgIpc) is 2.81. The van der Waals surface area contributed by atoms with E-state index in [0.29, 0.717) is 18.9 Å². The Morgan fingerprint density at radius 2 is 1.65 bits per heavy atom. The van der Waals surface area contributed by atoms with Crippen molar-refractivity contribution in [2.24, 2.45) is 5.92 Å². The third-order valence-electron chi connectivity index (χ3n) is 5.88. The third kappa shape index (κ3) is 9.73. The Hall–Kier alpha value is -2.07. The Balaban J connectivity index is 1.74. The van der Waals surface area contributed by atoms with E-state index in [1.54, 1.807) is 0 Å². The quantitative estimate of drug-likeness (QED) is 0.208. The highest BCUT2D eigenvalue weighted by Crippen LogP contribution is 2.18. The minimum Gasteiger partial charge on any atom is -0.377 e. The van der Waals surface area contributed by atoms with Crippen molar-refractivity contribution in [3.63, 3.8) is 0 Å². The summed E-state index contributed by atoms with van der Waals surface area (Å²) in [7, 11) is 0. The molecule has 4 heteroatoms. The van der Waals surface area contributed by atoms with E-state index in [4.69, 9.17) is 4.74 Å². The number of aromatic nitrogens is 2. The highest BCUT2D eigenvalue weighted by Gasteiger charge is 2.08. The van der Waals surface area contributed by atoms with Gasteiger partial charge in [0.25, 0.3) is 0 Å². The number of nitrogens with zero attached hydrogens (tertiary/aromatic N) is 2. The fourth-order valence-corrected chi connectivity index (χ4v) is 3.51. The maximum atomic E-state index is 12.4. The van der Waals surface area contributed by atoms with Crippen molar-refractivity contribution < 1.29 is 9.53 Å². The normalized spacial score (nSPS) is 12.1. The highest BCUT2D eigenvalue weighted by atomic mass is 16.5. The Kier molecular flexibility index (Phi) is 12.1. The molecule has 0 amide bonds. The Morgan fingerprint density at radius 1 is 0.935 bits per heavy atom. The van der Waals surface area contributed by atoms with Crippen molar-refractivity contribution in [2.45, 2.75) is 91.6 Å². The first-order valence-electron chi connectivity index (χ1n) is 12.2. The summed E-state index contributed by atoms with van der Waals surface area (Å²) < 4.78 is 5.73. The molecule has 2 aromatic rings. The molecule has 1 unspecified atom stereocenters. The van der Waals surface area contributed by atoms with E-state index in [1.807, 2.05) is 36.7 Å². The summed E-state index contributed by atoms with van der Waals surface area (Å²) in [4.78, 5) is 21.3. The molecule has 0 aliphatic carbocycles. The first-order valence-corrected chi connectivity index (χ1v) is 12.2. The molecule has 0 spiro atoms. The van der Waals surface area contributed by atoms with Crippen LogP contribution in [0.1, 0.15) is 101 Å². The van der Waals surface area contributed by atoms with Crippen LogP contribution in [0, 0.1) is 5.92 Å². The lowest BCUT2D eigenvalue weighted by molar-refractivity contribution is 0.0978. The van der Waals surface area contributed by atoms with Crippen LogP contribution in [-0.2, 0) is 11.3 Å². The molecule has 1 aromatic heterocycles. The Labute approximate surface area is 188 Å². The van der Waals surface area contributed by atoms with Crippen LogP contribution in [0.4, 0.5) is 0 Å².